The Balaban J connectivity index is 0.000000449. The highest BCUT2D eigenvalue weighted by Gasteiger charge is 2.41. The molecule has 14 heteroatoms. The van der Waals surface area contributed by atoms with Gasteiger partial charge in [-0.1, -0.05) is 48.9 Å². The van der Waals surface area contributed by atoms with Crippen molar-refractivity contribution in [3.63, 3.8) is 0 Å². The molecule has 5 N–H and O–H groups in total. The molecule has 2 aliphatic carbocycles. The zero-order chi connectivity index (χ0) is 29.8. The van der Waals surface area contributed by atoms with E-state index in [2.05, 4.69) is 54.0 Å². The van der Waals surface area contributed by atoms with Crippen LogP contribution in [0.1, 0.15) is 51.0 Å². The number of alkyl halides is 6. The second-order valence-electron chi connectivity index (χ2n) is 9.03. The number of carboxylic acid groups (broad SMARTS) is 3. The van der Waals surface area contributed by atoms with E-state index in [1.807, 2.05) is 0 Å². The predicted molar refractivity (Wildman–Crippen MR) is 129 cm³/mol. The third-order valence-electron chi connectivity index (χ3n) is 6.03. The van der Waals surface area contributed by atoms with Crippen LogP contribution in [0, 0.1) is 5.92 Å². The van der Waals surface area contributed by atoms with Crippen LogP contribution in [0.2, 0.25) is 0 Å². The van der Waals surface area contributed by atoms with Gasteiger partial charge in [0.05, 0.1) is 6.54 Å². The zero-order valence-corrected chi connectivity index (χ0v) is 21.1. The van der Waals surface area contributed by atoms with E-state index in [9.17, 15) is 31.1 Å². The van der Waals surface area contributed by atoms with Crippen molar-refractivity contribution in [2.75, 3.05) is 6.54 Å². The second kappa shape index (κ2) is 15.5. The molecule has 1 aromatic carbocycles. The van der Waals surface area contributed by atoms with Gasteiger partial charge in [0.1, 0.15) is 0 Å². The molecule has 0 spiro atoms. The molecule has 2 fully saturated rings. The summed E-state index contributed by atoms with van der Waals surface area (Å²) >= 11 is 0. The molecule has 0 unspecified atom stereocenters. The summed E-state index contributed by atoms with van der Waals surface area (Å²) in [6, 6.07) is 12.2. The van der Waals surface area contributed by atoms with E-state index in [-0.39, 0.29) is 6.54 Å². The molecule has 8 nitrogen and oxygen atoms in total. The fraction of sp³-hybridized carbons (Fsp3) is 0.560. The third kappa shape index (κ3) is 14.0. The van der Waals surface area contributed by atoms with Crippen molar-refractivity contribution in [3.05, 3.63) is 41.5 Å². The standard InChI is InChI=1S/C21H30N2O2.2C2HF3O2/c1-2-16(12-15-6-4-3-5-7-15)19-13-20(19)23-18-10-8-17(9-11-18)22-14-21(24)25;2*3-2(4,5)1(6)7/h3-7,12,17-20,22-23H,2,8-11,13-14H2,1H3,(H,24,25);2*(H,6,7)/b16-12+;;/t17-,18-,19-,20+;;/m0../s1. The second-order valence-corrected chi connectivity index (χ2v) is 9.03. The first-order chi connectivity index (χ1) is 18.0. The van der Waals surface area contributed by atoms with Crippen LogP contribution >= 0.6 is 0 Å². The van der Waals surface area contributed by atoms with Crippen LogP contribution in [0.15, 0.2) is 35.9 Å². The lowest BCUT2D eigenvalue weighted by atomic mass is 9.91. The highest BCUT2D eigenvalue weighted by Crippen LogP contribution is 2.40. The Bertz CT molecular complexity index is 936. The lowest BCUT2D eigenvalue weighted by Gasteiger charge is -2.29. The number of rotatable bonds is 8. The first-order valence-electron chi connectivity index (χ1n) is 12.1. The number of nitrogens with one attached hydrogen (secondary N) is 2. The summed E-state index contributed by atoms with van der Waals surface area (Å²) < 4.78 is 63.5. The Morgan fingerprint density at radius 3 is 1.74 bits per heavy atom. The minimum Gasteiger partial charge on any atom is -0.480 e. The highest BCUT2D eigenvalue weighted by molar-refractivity contribution is 5.73. The number of carboxylic acids is 3. The molecule has 220 valence electrons. The van der Waals surface area contributed by atoms with E-state index >= 15 is 0 Å². The fourth-order valence-electron chi connectivity index (χ4n) is 4.02. The summed E-state index contributed by atoms with van der Waals surface area (Å²) in [5.74, 6) is -5.59. The first-order valence-corrected chi connectivity index (χ1v) is 12.1. The van der Waals surface area contributed by atoms with Gasteiger partial charge in [-0.05, 0) is 50.0 Å². The van der Waals surface area contributed by atoms with Crippen LogP contribution in [0.3, 0.4) is 0 Å². The summed E-state index contributed by atoms with van der Waals surface area (Å²) in [4.78, 5) is 28.4. The minimum atomic E-state index is -5.08. The molecule has 0 bridgehead atoms. The van der Waals surface area contributed by atoms with E-state index < -0.39 is 30.3 Å². The van der Waals surface area contributed by atoms with Crippen LogP contribution in [0.25, 0.3) is 6.08 Å². The molecule has 3 rings (SSSR count). The Labute approximate surface area is 221 Å². The van der Waals surface area contributed by atoms with Gasteiger partial charge in [-0.15, -0.1) is 0 Å². The quantitative estimate of drug-likeness (QED) is 0.284. The van der Waals surface area contributed by atoms with Crippen LogP contribution in [0.4, 0.5) is 26.3 Å². The van der Waals surface area contributed by atoms with Crippen LogP contribution in [0.5, 0.6) is 0 Å². The zero-order valence-electron chi connectivity index (χ0n) is 21.1. The monoisotopic (exact) mass is 570 g/mol. The summed E-state index contributed by atoms with van der Waals surface area (Å²) in [7, 11) is 0. The van der Waals surface area contributed by atoms with Crippen LogP contribution in [-0.2, 0) is 14.4 Å². The van der Waals surface area contributed by atoms with Gasteiger partial charge < -0.3 is 26.0 Å². The number of carbonyl (C=O) groups is 3. The lowest BCUT2D eigenvalue weighted by molar-refractivity contribution is -0.193. The van der Waals surface area contributed by atoms with Crippen molar-refractivity contribution in [2.45, 2.75) is 75.9 Å². The molecule has 2 saturated carbocycles. The molecule has 0 amide bonds. The molecule has 0 heterocycles. The van der Waals surface area contributed by atoms with Crippen molar-refractivity contribution >= 4 is 24.0 Å². The third-order valence-corrected chi connectivity index (χ3v) is 6.03. The Morgan fingerprint density at radius 1 is 0.872 bits per heavy atom. The molecule has 0 aromatic heterocycles. The smallest absolute Gasteiger partial charge is 0.480 e. The predicted octanol–water partition coefficient (Wildman–Crippen LogP) is 4.71. The number of hydrogen-bond acceptors (Lipinski definition) is 5. The summed E-state index contributed by atoms with van der Waals surface area (Å²) in [6.07, 6.45) is -1.01. The molecular weight excluding hydrogens is 538 g/mol. The molecule has 0 aliphatic heterocycles. The SMILES string of the molecule is CC/C(=C\c1ccccc1)[C@@H]1C[C@H]1N[C@H]1CC[C@H](NCC(=O)O)CC1.O=C(O)C(F)(F)F.O=C(O)C(F)(F)F. The van der Waals surface area contributed by atoms with Gasteiger partial charge in [-0.25, -0.2) is 9.59 Å². The molecule has 39 heavy (non-hydrogen) atoms. The van der Waals surface area contributed by atoms with Crippen molar-refractivity contribution in [1.82, 2.24) is 10.6 Å². The molecule has 1 aromatic rings. The van der Waals surface area contributed by atoms with E-state index in [0.717, 1.165) is 32.1 Å². The maximum atomic E-state index is 10.6. The number of aliphatic carboxylic acids is 3. The van der Waals surface area contributed by atoms with Gasteiger partial charge in [0, 0.05) is 18.1 Å². The Morgan fingerprint density at radius 2 is 1.33 bits per heavy atom. The number of benzene rings is 1. The van der Waals surface area contributed by atoms with Crippen molar-refractivity contribution < 1.29 is 56.0 Å². The molecule has 2 atom stereocenters. The fourth-order valence-corrected chi connectivity index (χ4v) is 4.02. The van der Waals surface area contributed by atoms with Crippen molar-refractivity contribution in [2.24, 2.45) is 5.92 Å². The molecule has 0 saturated heterocycles. The van der Waals surface area contributed by atoms with E-state index in [1.54, 1.807) is 5.57 Å². The van der Waals surface area contributed by atoms with E-state index in [0.29, 0.717) is 24.0 Å². The van der Waals surface area contributed by atoms with E-state index in [4.69, 9.17) is 24.9 Å². The Hall–Kier alpha value is -3.13. The highest BCUT2D eigenvalue weighted by atomic mass is 19.4. The van der Waals surface area contributed by atoms with Gasteiger partial charge in [0.25, 0.3) is 0 Å². The first kappa shape index (κ1) is 33.9. The van der Waals surface area contributed by atoms with Gasteiger partial charge >= 0.3 is 30.3 Å². The van der Waals surface area contributed by atoms with E-state index in [1.165, 1.54) is 12.0 Å². The molecule has 0 radical (unpaired) electrons. The summed E-state index contributed by atoms with van der Waals surface area (Å²) in [5.41, 5.74) is 2.86. The topological polar surface area (TPSA) is 136 Å². The normalized spacial score (nSPS) is 22.9. The average Bonchev–Trinajstić information content (AvgIpc) is 3.61. The number of halogens is 6. The molecule has 2 aliphatic rings. The van der Waals surface area contributed by atoms with Crippen LogP contribution < -0.4 is 10.6 Å². The summed E-state index contributed by atoms with van der Waals surface area (Å²) in [5, 5.41) is 30.0. The van der Waals surface area contributed by atoms with Gasteiger partial charge in [-0.2, -0.15) is 26.3 Å². The maximum absolute atomic E-state index is 10.6. The number of hydrogen-bond donors (Lipinski definition) is 5. The Kier molecular flexibility index (Phi) is 13.4. The minimum absolute atomic E-state index is 0.0810. The van der Waals surface area contributed by atoms with Gasteiger partial charge in [0.15, 0.2) is 0 Å². The van der Waals surface area contributed by atoms with Gasteiger partial charge in [-0.3, -0.25) is 4.79 Å². The molecular formula is C25H32F6N2O6. The van der Waals surface area contributed by atoms with Crippen LogP contribution in [-0.4, -0.2) is 70.3 Å². The van der Waals surface area contributed by atoms with Crippen molar-refractivity contribution in [3.8, 4) is 0 Å². The van der Waals surface area contributed by atoms with Crippen molar-refractivity contribution in [1.29, 1.82) is 0 Å². The largest absolute Gasteiger partial charge is 0.490 e. The maximum Gasteiger partial charge on any atom is 0.490 e. The van der Waals surface area contributed by atoms with Gasteiger partial charge in [0.2, 0.25) is 0 Å². The average molecular weight is 571 g/mol. The summed E-state index contributed by atoms with van der Waals surface area (Å²) in [6.45, 7) is 2.33. The lowest BCUT2D eigenvalue weighted by Crippen LogP contribution is -2.42.